The first kappa shape index (κ1) is 54.7. The second-order valence-corrected chi connectivity index (χ2v) is 17.5. The van der Waals surface area contributed by atoms with Crippen LogP contribution in [0.2, 0.25) is 0 Å². The van der Waals surface area contributed by atoms with Crippen LogP contribution in [-0.4, -0.2) is 86.1 Å². The van der Waals surface area contributed by atoms with Crippen molar-refractivity contribution < 1.29 is 47.2 Å². The Morgan fingerprint density at radius 3 is 1.65 bits per heavy atom. The lowest BCUT2D eigenvalue weighted by Crippen LogP contribution is -2.37. The van der Waals surface area contributed by atoms with Gasteiger partial charge in [-0.1, -0.05) is 119 Å². The zero-order valence-electron chi connectivity index (χ0n) is 36.7. The third-order valence-corrected chi connectivity index (χ3v) is 10.0. The van der Waals surface area contributed by atoms with E-state index >= 15 is 0 Å². The molecule has 0 aliphatic heterocycles. The van der Waals surface area contributed by atoms with Gasteiger partial charge in [0.15, 0.2) is 6.10 Å². The molecule has 0 aliphatic carbocycles. The minimum absolute atomic E-state index is 0.0127. The molecule has 0 saturated heterocycles. The molecule has 0 aliphatic rings. The van der Waals surface area contributed by atoms with E-state index in [0.29, 0.717) is 23.9 Å². The van der Waals surface area contributed by atoms with E-state index in [2.05, 4.69) is 61.6 Å². The van der Waals surface area contributed by atoms with Crippen molar-refractivity contribution in [2.24, 2.45) is 0 Å². The molecule has 2 N–H and O–H groups in total. The summed E-state index contributed by atoms with van der Waals surface area (Å²) in [6.07, 6.45) is 42.6. The van der Waals surface area contributed by atoms with Crippen molar-refractivity contribution in [2.75, 3.05) is 47.5 Å². The number of likely N-dealkylation sites (N-methyl/N-ethyl adjacent to an activating group) is 1. The average Bonchev–Trinajstić information content (AvgIpc) is 3.14. The number of rotatable bonds is 39. The van der Waals surface area contributed by atoms with Gasteiger partial charge in [-0.05, 0) is 90.4 Å². The minimum Gasteiger partial charge on any atom is -0.462 e. The van der Waals surface area contributed by atoms with E-state index in [-0.39, 0.29) is 32.2 Å². The summed E-state index contributed by atoms with van der Waals surface area (Å²) in [7, 11) is 1.41. The highest BCUT2D eigenvalue weighted by molar-refractivity contribution is 7.47. The second kappa shape index (κ2) is 37.9. The highest BCUT2D eigenvalue weighted by atomic mass is 31.2. The van der Waals surface area contributed by atoms with Crippen molar-refractivity contribution in [1.82, 2.24) is 0 Å². The summed E-state index contributed by atoms with van der Waals surface area (Å²) in [5, 5.41) is 9.28. The van der Waals surface area contributed by atoms with Crippen LogP contribution in [0.15, 0.2) is 60.8 Å². The predicted molar refractivity (Wildman–Crippen MR) is 235 cm³/mol. The van der Waals surface area contributed by atoms with Gasteiger partial charge in [0, 0.05) is 12.8 Å². The van der Waals surface area contributed by atoms with E-state index in [1.165, 1.54) is 51.4 Å². The van der Waals surface area contributed by atoms with E-state index < -0.39 is 32.5 Å². The zero-order valence-corrected chi connectivity index (χ0v) is 37.6. The summed E-state index contributed by atoms with van der Waals surface area (Å²) in [5.74, 6) is -0.890. The van der Waals surface area contributed by atoms with E-state index in [1.54, 1.807) is 0 Å². The number of hydrogen-bond acceptors (Lipinski definition) is 8. The van der Waals surface area contributed by atoms with Crippen LogP contribution in [0.25, 0.3) is 0 Å². The molecule has 10 nitrogen and oxygen atoms in total. The normalized spacial score (nSPS) is 14.7. The van der Waals surface area contributed by atoms with Gasteiger partial charge in [0.05, 0.1) is 33.9 Å². The second-order valence-electron chi connectivity index (χ2n) is 16.0. The summed E-state index contributed by atoms with van der Waals surface area (Å²) in [5.41, 5.74) is 0. The van der Waals surface area contributed by atoms with Gasteiger partial charge in [-0.2, -0.15) is 0 Å². The molecule has 57 heavy (non-hydrogen) atoms. The first-order valence-electron chi connectivity index (χ1n) is 22.0. The number of quaternary nitrogens is 1. The van der Waals surface area contributed by atoms with Gasteiger partial charge in [0.2, 0.25) is 0 Å². The number of hydrogen-bond donors (Lipinski definition) is 2. The Labute approximate surface area is 348 Å². The van der Waals surface area contributed by atoms with Crippen LogP contribution < -0.4 is 0 Å². The lowest BCUT2D eigenvalue weighted by molar-refractivity contribution is -0.870. The zero-order chi connectivity index (χ0) is 42.3. The molecule has 330 valence electrons. The Morgan fingerprint density at radius 2 is 1.09 bits per heavy atom. The summed E-state index contributed by atoms with van der Waals surface area (Å²) in [6, 6.07) is 0. The average molecular weight is 825 g/mol. The summed E-state index contributed by atoms with van der Waals surface area (Å²) < 4.78 is 34.2. The number of carbonyl (C=O) groups excluding carboxylic acids is 2. The highest BCUT2D eigenvalue weighted by Crippen LogP contribution is 2.43. The number of ether oxygens (including phenoxy) is 2. The fourth-order valence-electron chi connectivity index (χ4n) is 5.55. The van der Waals surface area contributed by atoms with Crippen LogP contribution in [0.1, 0.15) is 162 Å². The quantitative estimate of drug-likeness (QED) is 0.0205. The molecule has 1 unspecified atom stereocenters. The Bertz CT molecular complexity index is 1170. The first-order valence-corrected chi connectivity index (χ1v) is 23.5. The van der Waals surface area contributed by atoms with Crippen LogP contribution in [0.3, 0.4) is 0 Å². The van der Waals surface area contributed by atoms with E-state index in [0.717, 1.165) is 70.6 Å². The summed E-state index contributed by atoms with van der Waals surface area (Å²) in [4.78, 5) is 35.3. The van der Waals surface area contributed by atoms with Crippen molar-refractivity contribution >= 4 is 19.8 Å². The van der Waals surface area contributed by atoms with Crippen molar-refractivity contribution in [3.63, 3.8) is 0 Å². The van der Waals surface area contributed by atoms with Crippen molar-refractivity contribution in [3.05, 3.63) is 60.8 Å². The van der Waals surface area contributed by atoms with Gasteiger partial charge in [-0.3, -0.25) is 18.6 Å². The number of nitrogens with zero attached hydrogens (tertiary/aromatic N) is 1. The lowest BCUT2D eigenvalue weighted by atomic mass is 10.1. The molecule has 0 radical (unpaired) electrons. The van der Waals surface area contributed by atoms with Crippen LogP contribution in [0.4, 0.5) is 0 Å². The number of phosphoric acid groups is 1. The van der Waals surface area contributed by atoms with Gasteiger partial charge in [0.1, 0.15) is 19.8 Å². The monoisotopic (exact) mass is 825 g/mol. The van der Waals surface area contributed by atoms with Gasteiger partial charge in [-0.15, -0.1) is 0 Å². The maximum absolute atomic E-state index is 12.7. The topological polar surface area (TPSA) is 129 Å². The molecular weight excluding hydrogens is 741 g/mol. The van der Waals surface area contributed by atoms with E-state index in [4.69, 9.17) is 18.5 Å². The maximum Gasteiger partial charge on any atom is 0.472 e. The highest BCUT2D eigenvalue weighted by Gasteiger charge is 2.27. The largest absolute Gasteiger partial charge is 0.472 e. The van der Waals surface area contributed by atoms with Crippen LogP contribution in [-0.2, 0) is 32.7 Å². The molecule has 0 rings (SSSR count). The third kappa shape index (κ3) is 43.1. The lowest BCUT2D eigenvalue weighted by Gasteiger charge is -2.24. The third-order valence-electron chi connectivity index (χ3n) is 9.04. The molecule has 0 heterocycles. The maximum atomic E-state index is 12.7. The van der Waals surface area contributed by atoms with Gasteiger partial charge >= 0.3 is 19.8 Å². The Morgan fingerprint density at radius 1 is 0.614 bits per heavy atom. The first-order chi connectivity index (χ1) is 27.3. The summed E-state index contributed by atoms with van der Waals surface area (Å²) in [6.45, 7) is 3.87. The molecule has 0 aromatic rings. The van der Waals surface area contributed by atoms with Gasteiger partial charge < -0.3 is 24.0 Å². The Hall–Kier alpha value is -2.33. The van der Waals surface area contributed by atoms with E-state index in [9.17, 15) is 24.2 Å². The molecule has 0 saturated carbocycles. The molecule has 3 atom stereocenters. The molecular formula is C46H83NO9P+. The standard InChI is InChI=1S/C46H82NO9P/c1-6-7-8-9-10-11-12-13-15-19-22-25-28-31-34-37-45(49)53-41-44(42-55-57(51,52)54-40-39-47(3,4)5)56-46(50)38-35-32-29-26-23-20-17-14-16-18-21-24-27-30-33-36-43(2)48/h11-12,16-18,20,24,26-27,29,43-44,48H,6-10,13-15,19,21-23,25,28,30-42H2,1-5H3/p+1/b12-11-,18-16-,20-17-,27-24-,29-26-/t43-,44+/m0/s1. The fraction of sp³-hybridized carbons (Fsp3) is 0.739. The molecule has 0 bridgehead atoms. The van der Waals surface area contributed by atoms with E-state index in [1.807, 2.05) is 34.1 Å². The van der Waals surface area contributed by atoms with Crippen LogP contribution >= 0.6 is 7.82 Å². The number of esters is 2. The SMILES string of the molecule is CCCCCC/C=C\CCCCCCCCCC(=O)OC[C@H](COP(=O)(O)OCC[N+](C)(C)C)OC(=O)CCC/C=C\C/C=C\C/C=C\C/C=C\CCC[C@H](C)O. The molecule has 0 aromatic carbocycles. The number of carbonyl (C=O) groups is 2. The van der Waals surface area contributed by atoms with Crippen molar-refractivity contribution in [3.8, 4) is 0 Å². The molecule has 0 aromatic heterocycles. The Kier molecular flexibility index (Phi) is 36.4. The fourth-order valence-corrected chi connectivity index (χ4v) is 6.29. The molecule has 0 fully saturated rings. The minimum atomic E-state index is -4.40. The van der Waals surface area contributed by atoms with Gasteiger partial charge in [-0.25, -0.2) is 4.57 Å². The number of allylic oxidation sites excluding steroid dienone is 10. The molecule has 0 amide bonds. The van der Waals surface area contributed by atoms with Crippen LogP contribution in [0, 0.1) is 0 Å². The van der Waals surface area contributed by atoms with Crippen LogP contribution in [0.5, 0.6) is 0 Å². The summed E-state index contributed by atoms with van der Waals surface area (Å²) >= 11 is 0. The number of aliphatic hydroxyl groups excluding tert-OH is 1. The Balaban J connectivity index is 4.48. The molecule has 11 heteroatoms. The number of unbranched alkanes of at least 4 members (excludes halogenated alkanes) is 13. The van der Waals surface area contributed by atoms with Gasteiger partial charge in [0.25, 0.3) is 0 Å². The smallest absolute Gasteiger partial charge is 0.462 e. The van der Waals surface area contributed by atoms with Crippen molar-refractivity contribution in [2.45, 2.75) is 174 Å². The number of aliphatic hydroxyl groups is 1. The predicted octanol–water partition coefficient (Wildman–Crippen LogP) is 11.4. The van der Waals surface area contributed by atoms with Crippen molar-refractivity contribution in [1.29, 1.82) is 0 Å². The molecule has 0 spiro atoms. The number of phosphoric ester groups is 1.